The molecule has 0 heterocycles. The first-order valence-corrected chi connectivity index (χ1v) is 6.67. The molecule has 0 bridgehead atoms. The van der Waals surface area contributed by atoms with Crippen molar-refractivity contribution in [3.63, 3.8) is 0 Å². The van der Waals surface area contributed by atoms with Crippen molar-refractivity contribution < 1.29 is 4.79 Å². The van der Waals surface area contributed by atoms with Gasteiger partial charge in [-0.1, -0.05) is 11.6 Å². The Labute approximate surface area is 110 Å². The summed E-state index contributed by atoms with van der Waals surface area (Å²) in [5.41, 5.74) is 7.69. The minimum Gasteiger partial charge on any atom is -0.350 e. The lowest BCUT2D eigenvalue weighted by atomic mass is 10.1. The summed E-state index contributed by atoms with van der Waals surface area (Å²) in [7, 11) is 0. The van der Waals surface area contributed by atoms with Gasteiger partial charge in [0.2, 0.25) is 0 Å². The summed E-state index contributed by atoms with van der Waals surface area (Å²) in [4.78, 5) is 12.0. The highest BCUT2D eigenvalue weighted by atomic mass is 79.9. The molecule has 0 aromatic heterocycles. The smallest absolute Gasteiger partial charge is 0.252 e. The van der Waals surface area contributed by atoms with Crippen molar-refractivity contribution >= 4 is 21.8 Å². The second-order valence-corrected chi connectivity index (χ2v) is 5.55. The molecule has 1 aromatic carbocycles. The standard InChI is InChI=1S/C13H17BrN2O/c1-8-2-5-11(14)10(6-8)13(17)16-7-12(15)9-3-4-9/h2,5-6,9,12H,3-4,7,15H2,1H3,(H,16,17). The van der Waals surface area contributed by atoms with E-state index in [0.29, 0.717) is 18.0 Å². The van der Waals surface area contributed by atoms with Crippen molar-refractivity contribution in [1.82, 2.24) is 5.32 Å². The third kappa shape index (κ3) is 3.30. The Bertz CT molecular complexity index is 429. The molecule has 92 valence electrons. The molecule has 3 nitrogen and oxygen atoms in total. The van der Waals surface area contributed by atoms with Gasteiger partial charge >= 0.3 is 0 Å². The van der Waals surface area contributed by atoms with Crippen LogP contribution < -0.4 is 11.1 Å². The minimum atomic E-state index is -0.0586. The van der Waals surface area contributed by atoms with Gasteiger partial charge in [0.05, 0.1) is 5.56 Å². The molecule has 4 heteroatoms. The van der Waals surface area contributed by atoms with Crippen LogP contribution in [-0.2, 0) is 0 Å². The first-order chi connectivity index (χ1) is 8.08. The lowest BCUT2D eigenvalue weighted by molar-refractivity contribution is 0.0949. The second kappa shape index (κ2) is 5.19. The maximum absolute atomic E-state index is 12.0. The molecule has 1 amide bonds. The lowest BCUT2D eigenvalue weighted by Crippen LogP contribution is -2.38. The SMILES string of the molecule is Cc1ccc(Br)c(C(=O)NCC(N)C2CC2)c1. The highest BCUT2D eigenvalue weighted by molar-refractivity contribution is 9.10. The van der Waals surface area contributed by atoms with Crippen LogP contribution in [-0.4, -0.2) is 18.5 Å². The number of aryl methyl sites for hydroxylation is 1. The zero-order valence-corrected chi connectivity index (χ0v) is 11.5. The molecular weight excluding hydrogens is 280 g/mol. The summed E-state index contributed by atoms with van der Waals surface area (Å²) in [6.45, 7) is 2.53. The number of nitrogens with one attached hydrogen (secondary N) is 1. The van der Waals surface area contributed by atoms with Gasteiger partial charge < -0.3 is 11.1 Å². The number of amides is 1. The summed E-state index contributed by atoms with van der Waals surface area (Å²) < 4.78 is 0.820. The second-order valence-electron chi connectivity index (χ2n) is 4.69. The molecule has 1 aliphatic carbocycles. The maximum atomic E-state index is 12.0. The lowest BCUT2D eigenvalue weighted by Gasteiger charge is -2.12. The molecule has 1 aliphatic rings. The van der Waals surface area contributed by atoms with Gasteiger partial charge in [-0.25, -0.2) is 0 Å². The van der Waals surface area contributed by atoms with Gasteiger partial charge in [0.25, 0.3) is 5.91 Å². The number of benzene rings is 1. The van der Waals surface area contributed by atoms with Crippen LogP contribution in [0.2, 0.25) is 0 Å². The molecule has 1 atom stereocenters. The summed E-state index contributed by atoms with van der Waals surface area (Å²) in [6, 6.07) is 5.84. The molecule has 1 unspecified atom stereocenters. The number of hydrogen-bond donors (Lipinski definition) is 2. The molecule has 1 saturated carbocycles. The van der Waals surface area contributed by atoms with Crippen LogP contribution in [0.3, 0.4) is 0 Å². The van der Waals surface area contributed by atoms with Crippen molar-refractivity contribution in [2.45, 2.75) is 25.8 Å². The van der Waals surface area contributed by atoms with Gasteiger partial charge in [-0.15, -0.1) is 0 Å². The van der Waals surface area contributed by atoms with E-state index in [1.54, 1.807) is 0 Å². The predicted octanol–water partition coefficient (Wildman–Crippen LogP) is 2.22. The van der Waals surface area contributed by atoms with Crippen molar-refractivity contribution in [3.05, 3.63) is 33.8 Å². The highest BCUT2D eigenvalue weighted by Gasteiger charge is 2.28. The molecule has 1 aromatic rings. The van der Waals surface area contributed by atoms with Crippen LogP contribution in [0.25, 0.3) is 0 Å². The third-order valence-corrected chi connectivity index (χ3v) is 3.78. The number of rotatable bonds is 4. The van der Waals surface area contributed by atoms with Crippen molar-refractivity contribution in [2.75, 3.05) is 6.54 Å². The number of carbonyl (C=O) groups excluding carboxylic acids is 1. The fourth-order valence-electron chi connectivity index (χ4n) is 1.81. The average molecular weight is 297 g/mol. The summed E-state index contributed by atoms with van der Waals surface area (Å²) in [5, 5.41) is 2.89. The van der Waals surface area contributed by atoms with E-state index in [0.717, 1.165) is 10.0 Å². The topological polar surface area (TPSA) is 55.1 Å². The van der Waals surface area contributed by atoms with Crippen molar-refractivity contribution in [2.24, 2.45) is 11.7 Å². The first kappa shape index (κ1) is 12.6. The fraction of sp³-hybridized carbons (Fsp3) is 0.462. The third-order valence-electron chi connectivity index (χ3n) is 3.09. The Morgan fingerprint density at radius 2 is 2.29 bits per heavy atom. The Morgan fingerprint density at radius 3 is 2.94 bits per heavy atom. The van der Waals surface area contributed by atoms with Gasteiger partial charge in [0, 0.05) is 17.1 Å². The molecular formula is C13H17BrN2O. The maximum Gasteiger partial charge on any atom is 0.252 e. The molecule has 0 radical (unpaired) electrons. The zero-order valence-electron chi connectivity index (χ0n) is 9.87. The van der Waals surface area contributed by atoms with Gasteiger partial charge in [-0.3, -0.25) is 4.79 Å². The monoisotopic (exact) mass is 296 g/mol. The van der Waals surface area contributed by atoms with E-state index in [1.165, 1.54) is 12.8 Å². The van der Waals surface area contributed by atoms with Gasteiger partial charge in [-0.2, -0.15) is 0 Å². The molecule has 1 fully saturated rings. The minimum absolute atomic E-state index is 0.0586. The normalized spacial score (nSPS) is 16.6. The summed E-state index contributed by atoms with van der Waals surface area (Å²) in [6.07, 6.45) is 2.40. The van der Waals surface area contributed by atoms with Crippen LogP contribution in [0.15, 0.2) is 22.7 Å². The average Bonchev–Trinajstić information content (AvgIpc) is 3.12. The summed E-state index contributed by atoms with van der Waals surface area (Å²) in [5.74, 6) is 0.549. The highest BCUT2D eigenvalue weighted by Crippen LogP contribution is 2.31. The van der Waals surface area contributed by atoms with Crippen LogP contribution in [0.5, 0.6) is 0 Å². The Kier molecular flexibility index (Phi) is 3.84. The Balaban J connectivity index is 1.96. The molecule has 0 saturated heterocycles. The largest absolute Gasteiger partial charge is 0.350 e. The van der Waals surface area contributed by atoms with E-state index in [1.807, 2.05) is 25.1 Å². The quantitative estimate of drug-likeness (QED) is 0.895. The predicted molar refractivity (Wildman–Crippen MR) is 71.9 cm³/mol. The molecule has 2 rings (SSSR count). The molecule has 0 spiro atoms. The number of halogens is 1. The summed E-state index contributed by atoms with van der Waals surface area (Å²) >= 11 is 3.39. The van der Waals surface area contributed by atoms with E-state index in [-0.39, 0.29) is 11.9 Å². The zero-order chi connectivity index (χ0) is 12.4. The van der Waals surface area contributed by atoms with E-state index in [9.17, 15) is 4.79 Å². The first-order valence-electron chi connectivity index (χ1n) is 5.88. The fourth-order valence-corrected chi connectivity index (χ4v) is 2.24. The van der Waals surface area contributed by atoms with Crippen LogP contribution >= 0.6 is 15.9 Å². The Morgan fingerprint density at radius 1 is 1.59 bits per heavy atom. The van der Waals surface area contributed by atoms with E-state index in [4.69, 9.17) is 5.73 Å². The number of nitrogens with two attached hydrogens (primary N) is 1. The molecule has 3 N–H and O–H groups in total. The van der Waals surface area contributed by atoms with E-state index in [2.05, 4.69) is 21.2 Å². The number of carbonyl (C=O) groups is 1. The van der Waals surface area contributed by atoms with Gasteiger partial charge in [-0.05, 0) is 53.7 Å². The molecule has 0 aliphatic heterocycles. The van der Waals surface area contributed by atoms with Crippen molar-refractivity contribution in [3.8, 4) is 0 Å². The molecule has 17 heavy (non-hydrogen) atoms. The van der Waals surface area contributed by atoms with Gasteiger partial charge in [0.1, 0.15) is 0 Å². The van der Waals surface area contributed by atoms with E-state index >= 15 is 0 Å². The van der Waals surface area contributed by atoms with Crippen LogP contribution in [0.1, 0.15) is 28.8 Å². The van der Waals surface area contributed by atoms with Gasteiger partial charge in [0.15, 0.2) is 0 Å². The van der Waals surface area contributed by atoms with Crippen LogP contribution in [0.4, 0.5) is 0 Å². The van der Waals surface area contributed by atoms with Crippen molar-refractivity contribution in [1.29, 1.82) is 0 Å². The van der Waals surface area contributed by atoms with Crippen LogP contribution in [0, 0.1) is 12.8 Å². The number of hydrogen-bond acceptors (Lipinski definition) is 2. The Hall–Kier alpha value is -0.870. The van der Waals surface area contributed by atoms with E-state index < -0.39 is 0 Å².